The predicted octanol–water partition coefficient (Wildman–Crippen LogP) is 3.04. The molecule has 8 nitrogen and oxygen atoms in total. The van der Waals surface area contributed by atoms with E-state index in [1.54, 1.807) is 13.0 Å². The van der Waals surface area contributed by atoms with Gasteiger partial charge in [0, 0.05) is 38.7 Å². The normalized spacial score (nSPS) is 11.9. The lowest BCUT2D eigenvalue weighted by molar-refractivity contribution is 0.0527. The van der Waals surface area contributed by atoms with Gasteiger partial charge in [-0.05, 0) is 34.5 Å². The van der Waals surface area contributed by atoms with Crippen LogP contribution in [0.2, 0.25) is 0 Å². The Hall–Kier alpha value is -2.85. The van der Waals surface area contributed by atoms with Gasteiger partial charge < -0.3 is 26.3 Å². The number of carbonyl (C=O) groups excluding carboxylic acids is 1. The third-order valence-electron chi connectivity index (χ3n) is 4.57. The Morgan fingerprint density at radius 1 is 1.26 bits per heavy atom. The minimum Gasteiger partial charge on any atom is -0.506 e. The molecule has 1 heterocycles. The first-order chi connectivity index (χ1) is 14.8. The van der Waals surface area contributed by atoms with Gasteiger partial charge in [-0.2, -0.15) is 0 Å². The first-order valence-corrected chi connectivity index (χ1v) is 11.8. The first kappa shape index (κ1) is 22.8. The largest absolute Gasteiger partial charge is 0.506 e. The number of ether oxygens (including phenoxy) is 1. The van der Waals surface area contributed by atoms with Crippen molar-refractivity contribution in [2.24, 2.45) is 16.5 Å². The van der Waals surface area contributed by atoms with Crippen molar-refractivity contribution in [3.05, 3.63) is 63.3 Å². The summed E-state index contributed by atoms with van der Waals surface area (Å²) in [6.45, 7) is 1.83. The molecule has 0 aliphatic carbocycles. The summed E-state index contributed by atoms with van der Waals surface area (Å²) in [5.74, 6) is -0.358. The van der Waals surface area contributed by atoms with Gasteiger partial charge >= 0.3 is 5.97 Å². The molecule has 6 N–H and O–H groups in total. The number of aromatic amines is 1. The van der Waals surface area contributed by atoms with E-state index in [4.69, 9.17) is 16.2 Å². The zero-order valence-corrected chi connectivity index (χ0v) is 19.3. The van der Waals surface area contributed by atoms with Gasteiger partial charge in [0.15, 0.2) is 5.96 Å². The maximum atomic E-state index is 12.9. The standard InChI is InChI=1S/C21H23BrN4O4S/c1-2-30-20(28)18-16(11-31(29)10-12-6-4-3-5-7-12)26-15-8-14(22)19(27)13(17(15)18)9-25-21(23)24/h3-8,26-27H,2,9-11H2,1H3,(H4,23,24,25). The molecule has 0 aliphatic heterocycles. The van der Waals surface area contributed by atoms with Crippen molar-refractivity contribution in [2.45, 2.75) is 25.0 Å². The lowest BCUT2D eigenvalue weighted by atomic mass is 10.0. The molecule has 2 aromatic carbocycles. The molecule has 0 fully saturated rings. The molecule has 164 valence electrons. The number of benzene rings is 2. The Kier molecular flexibility index (Phi) is 7.34. The van der Waals surface area contributed by atoms with Gasteiger partial charge in [-0.25, -0.2) is 9.79 Å². The second kappa shape index (κ2) is 9.97. The number of carbonyl (C=O) groups is 1. The molecule has 3 aromatic rings. The number of H-pyrrole nitrogens is 1. The van der Waals surface area contributed by atoms with Crippen LogP contribution in [0.15, 0.2) is 45.9 Å². The van der Waals surface area contributed by atoms with E-state index in [0.717, 1.165) is 5.56 Å². The fraction of sp³-hybridized carbons (Fsp3) is 0.238. The number of rotatable bonds is 8. The average molecular weight is 507 g/mol. The summed E-state index contributed by atoms with van der Waals surface area (Å²) in [6.07, 6.45) is 0. The average Bonchev–Trinajstić information content (AvgIpc) is 3.06. The van der Waals surface area contributed by atoms with Crippen molar-refractivity contribution in [2.75, 3.05) is 6.61 Å². The van der Waals surface area contributed by atoms with Crippen LogP contribution in [-0.2, 0) is 33.6 Å². The molecule has 1 aromatic heterocycles. The molecule has 0 amide bonds. The van der Waals surface area contributed by atoms with E-state index in [0.29, 0.717) is 32.4 Å². The summed E-state index contributed by atoms with van der Waals surface area (Å²) in [6, 6.07) is 11.1. The monoisotopic (exact) mass is 506 g/mol. The summed E-state index contributed by atoms with van der Waals surface area (Å²) >= 11 is 3.31. The Labute approximate surface area is 190 Å². The zero-order valence-electron chi connectivity index (χ0n) is 16.9. The van der Waals surface area contributed by atoms with E-state index < -0.39 is 16.8 Å². The number of phenols is 1. The van der Waals surface area contributed by atoms with Crippen LogP contribution in [0.4, 0.5) is 0 Å². The van der Waals surface area contributed by atoms with Crippen molar-refractivity contribution in [3.8, 4) is 5.75 Å². The van der Waals surface area contributed by atoms with E-state index in [2.05, 4.69) is 25.9 Å². The summed E-state index contributed by atoms with van der Waals surface area (Å²) in [5, 5.41) is 11.0. The molecular weight excluding hydrogens is 484 g/mol. The topological polar surface area (TPSA) is 144 Å². The lowest BCUT2D eigenvalue weighted by Crippen LogP contribution is -2.22. The van der Waals surface area contributed by atoms with E-state index in [1.807, 2.05) is 30.3 Å². The lowest BCUT2D eigenvalue weighted by Gasteiger charge is -2.09. The third-order valence-corrected chi connectivity index (χ3v) is 6.44. The SMILES string of the molecule is CCOC(=O)c1c(CS(=O)Cc2ccccc2)[nH]c2cc(Br)c(O)c(CN=C(N)N)c12. The van der Waals surface area contributed by atoms with Gasteiger partial charge in [-0.15, -0.1) is 0 Å². The van der Waals surface area contributed by atoms with Crippen LogP contribution < -0.4 is 11.5 Å². The molecular formula is C21H23BrN4O4S. The molecule has 0 saturated carbocycles. The van der Waals surface area contributed by atoms with Gasteiger partial charge in [-0.3, -0.25) is 4.21 Å². The molecule has 0 spiro atoms. The summed E-state index contributed by atoms with van der Waals surface area (Å²) in [7, 11) is -1.29. The van der Waals surface area contributed by atoms with E-state index in [-0.39, 0.29) is 36.2 Å². The number of esters is 1. The van der Waals surface area contributed by atoms with Crippen molar-refractivity contribution in [1.29, 1.82) is 0 Å². The summed E-state index contributed by atoms with van der Waals surface area (Å²) < 4.78 is 18.5. The Morgan fingerprint density at radius 2 is 1.97 bits per heavy atom. The molecule has 1 unspecified atom stereocenters. The van der Waals surface area contributed by atoms with Crippen LogP contribution >= 0.6 is 15.9 Å². The van der Waals surface area contributed by atoms with Gasteiger partial charge in [0.25, 0.3) is 0 Å². The Bertz CT molecular complexity index is 1160. The van der Waals surface area contributed by atoms with Crippen LogP contribution in [-0.4, -0.2) is 32.8 Å². The minimum absolute atomic E-state index is 0.0408. The highest BCUT2D eigenvalue weighted by Gasteiger charge is 2.26. The van der Waals surface area contributed by atoms with E-state index in [9.17, 15) is 14.1 Å². The maximum Gasteiger partial charge on any atom is 0.340 e. The van der Waals surface area contributed by atoms with Crippen molar-refractivity contribution < 1.29 is 18.8 Å². The molecule has 0 radical (unpaired) electrons. The molecule has 0 bridgehead atoms. The van der Waals surface area contributed by atoms with Crippen LogP contribution in [0.3, 0.4) is 0 Å². The molecule has 10 heteroatoms. The third kappa shape index (κ3) is 5.26. The van der Waals surface area contributed by atoms with Gasteiger partial charge in [-0.1, -0.05) is 30.3 Å². The molecule has 0 saturated heterocycles. The summed E-state index contributed by atoms with van der Waals surface area (Å²) in [4.78, 5) is 20.0. The summed E-state index contributed by atoms with van der Waals surface area (Å²) in [5.41, 5.74) is 13.5. The van der Waals surface area contributed by atoms with Crippen molar-refractivity contribution in [1.82, 2.24) is 4.98 Å². The quantitative estimate of drug-likeness (QED) is 0.210. The second-order valence-corrected chi connectivity index (χ2v) is 9.07. The number of aliphatic imine (C=N–C) groups is 1. The zero-order chi connectivity index (χ0) is 22.5. The number of aromatic nitrogens is 1. The fourth-order valence-corrected chi connectivity index (χ4v) is 4.96. The molecule has 1 atom stereocenters. The first-order valence-electron chi connectivity index (χ1n) is 9.48. The van der Waals surface area contributed by atoms with Crippen molar-refractivity contribution in [3.63, 3.8) is 0 Å². The second-order valence-electron chi connectivity index (χ2n) is 6.76. The maximum absolute atomic E-state index is 12.9. The Morgan fingerprint density at radius 3 is 2.61 bits per heavy atom. The number of hydrogen-bond acceptors (Lipinski definition) is 5. The van der Waals surface area contributed by atoms with Crippen molar-refractivity contribution >= 4 is 49.6 Å². The number of guanidine groups is 1. The highest BCUT2D eigenvalue weighted by Crippen LogP contribution is 2.38. The number of phenolic OH excluding ortho intramolecular Hbond substituents is 1. The number of halogens is 1. The minimum atomic E-state index is -1.29. The van der Waals surface area contributed by atoms with Crippen LogP contribution in [0.25, 0.3) is 10.9 Å². The highest BCUT2D eigenvalue weighted by molar-refractivity contribution is 9.10. The number of nitrogens with zero attached hydrogens (tertiary/aromatic N) is 1. The van der Waals surface area contributed by atoms with Crippen LogP contribution in [0, 0.1) is 0 Å². The van der Waals surface area contributed by atoms with E-state index in [1.165, 1.54) is 0 Å². The van der Waals surface area contributed by atoms with Crippen LogP contribution in [0.1, 0.15) is 34.1 Å². The fourth-order valence-electron chi connectivity index (χ4n) is 3.29. The Balaban J connectivity index is 2.11. The molecule has 0 aliphatic rings. The molecule has 31 heavy (non-hydrogen) atoms. The van der Waals surface area contributed by atoms with Gasteiger partial charge in [0.2, 0.25) is 0 Å². The van der Waals surface area contributed by atoms with Gasteiger partial charge in [0.1, 0.15) is 5.75 Å². The van der Waals surface area contributed by atoms with Gasteiger partial charge in [0.05, 0.1) is 28.9 Å². The number of aromatic hydroxyl groups is 1. The molecule has 3 rings (SSSR count). The number of nitrogens with two attached hydrogens (primary N) is 2. The van der Waals surface area contributed by atoms with Crippen LogP contribution in [0.5, 0.6) is 5.75 Å². The number of hydrogen-bond donors (Lipinski definition) is 4. The predicted molar refractivity (Wildman–Crippen MR) is 125 cm³/mol. The highest BCUT2D eigenvalue weighted by atomic mass is 79.9. The smallest absolute Gasteiger partial charge is 0.340 e. The number of nitrogens with one attached hydrogen (secondary N) is 1. The van der Waals surface area contributed by atoms with E-state index >= 15 is 0 Å². The number of fused-ring (bicyclic) bond motifs is 1.